The van der Waals surface area contributed by atoms with E-state index in [1.807, 2.05) is 24.3 Å². The van der Waals surface area contributed by atoms with Gasteiger partial charge in [-0.05, 0) is 29.3 Å². The van der Waals surface area contributed by atoms with Crippen molar-refractivity contribution in [2.75, 3.05) is 7.11 Å². The number of hydrogen-bond donors (Lipinski definition) is 1. The summed E-state index contributed by atoms with van der Waals surface area (Å²) in [7, 11) is 1.61. The van der Waals surface area contributed by atoms with Crippen LogP contribution in [0.25, 0.3) is 0 Å². The molecule has 0 saturated carbocycles. The van der Waals surface area contributed by atoms with E-state index in [-0.39, 0.29) is 12.1 Å². The summed E-state index contributed by atoms with van der Waals surface area (Å²) in [6.45, 7) is 0.753. The Kier molecular flexibility index (Phi) is 5.00. The molecule has 0 aliphatic carbocycles. The molecule has 2 aromatic rings. The van der Waals surface area contributed by atoms with Gasteiger partial charge >= 0.3 is 0 Å². The van der Waals surface area contributed by atoms with Crippen LogP contribution in [0.1, 0.15) is 21.5 Å². The second-order valence-electron chi connectivity index (χ2n) is 4.56. The molecule has 21 heavy (non-hydrogen) atoms. The van der Waals surface area contributed by atoms with Crippen LogP contribution in [0.3, 0.4) is 0 Å². The summed E-state index contributed by atoms with van der Waals surface area (Å²) in [5.41, 5.74) is 1.58. The molecule has 1 amide bonds. The van der Waals surface area contributed by atoms with Gasteiger partial charge in [-0.2, -0.15) is 0 Å². The Hall–Kier alpha value is -2.27. The fraction of sp³-hybridized carbons (Fsp3) is 0.188. The van der Waals surface area contributed by atoms with Gasteiger partial charge in [0.15, 0.2) is 0 Å². The predicted octanol–water partition coefficient (Wildman–Crippen LogP) is 3.04. The number of rotatable bonds is 5. The minimum Gasteiger partial charge on any atom is -0.380 e. The van der Waals surface area contributed by atoms with Gasteiger partial charge in [0.2, 0.25) is 0 Å². The lowest BCUT2D eigenvalue weighted by Crippen LogP contribution is -2.24. The highest BCUT2D eigenvalue weighted by atomic mass is 19.1. The molecule has 1 N–H and O–H groups in total. The Bertz CT molecular complexity index is 627. The number of nitrogens with one attached hydrogen (secondary N) is 1. The van der Waals surface area contributed by atoms with Crippen molar-refractivity contribution < 1.29 is 18.3 Å². The van der Waals surface area contributed by atoms with E-state index in [2.05, 4.69) is 5.32 Å². The molecule has 0 aliphatic heterocycles. The molecule has 110 valence electrons. The van der Waals surface area contributed by atoms with Crippen LogP contribution >= 0.6 is 0 Å². The first kappa shape index (κ1) is 15.1. The van der Waals surface area contributed by atoms with E-state index in [4.69, 9.17) is 4.74 Å². The van der Waals surface area contributed by atoms with E-state index in [0.717, 1.165) is 29.3 Å². The minimum absolute atomic E-state index is 0.238. The van der Waals surface area contributed by atoms with Crippen molar-refractivity contribution in [1.29, 1.82) is 0 Å². The Balaban J connectivity index is 1.99. The molecule has 0 radical (unpaired) electrons. The van der Waals surface area contributed by atoms with Crippen molar-refractivity contribution in [3.05, 3.63) is 70.8 Å². The maximum absolute atomic E-state index is 13.4. The maximum Gasteiger partial charge on any atom is 0.254 e. The van der Waals surface area contributed by atoms with Gasteiger partial charge in [-0.3, -0.25) is 4.79 Å². The largest absolute Gasteiger partial charge is 0.380 e. The van der Waals surface area contributed by atoms with E-state index >= 15 is 0 Å². The average Bonchev–Trinajstić information content (AvgIpc) is 2.49. The predicted molar refractivity (Wildman–Crippen MR) is 74.7 cm³/mol. The number of hydrogen-bond acceptors (Lipinski definition) is 2. The third-order valence-corrected chi connectivity index (χ3v) is 2.96. The Morgan fingerprint density at radius 1 is 1.10 bits per heavy atom. The van der Waals surface area contributed by atoms with E-state index in [0.29, 0.717) is 6.61 Å². The number of benzene rings is 2. The van der Waals surface area contributed by atoms with Gasteiger partial charge in [-0.1, -0.05) is 24.3 Å². The molecule has 0 bridgehead atoms. The van der Waals surface area contributed by atoms with Gasteiger partial charge in [0.05, 0.1) is 12.2 Å². The van der Waals surface area contributed by atoms with Crippen molar-refractivity contribution in [3.63, 3.8) is 0 Å². The Morgan fingerprint density at radius 2 is 1.76 bits per heavy atom. The lowest BCUT2D eigenvalue weighted by molar-refractivity contribution is 0.0946. The van der Waals surface area contributed by atoms with Crippen molar-refractivity contribution in [1.82, 2.24) is 5.32 Å². The van der Waals surface area contributed by atoms with E-state index in [1.165, 1.54) is 0 Å². The zero-order valence-electron chi connectivity index (χ0n) is 11.5. The van der Waals surface area contributed by atoms with Gasteiger partial charge in [0.1, 0.15) is 11.6 Å². The van der Waals surface area contributed by atoms with Crippen LogP contribution in [0.2, 0.25) is 0 Å². The third-order valence-electron chi connectivity index (χ3n) is 2.96. The minimum atomic E-state index is -0.746. The zero-order valence-corrected chi connectivity index (χ0v) is 11.5. The second-order valence-corrected chi connectivity index (χ2v) is 4.56. The summed E-state index contributed by atoms with van der Waals surface area (Å²) in [6, 6.07) is 10.2. The van der Waals surface area contributed by atoms with Crippen LogP contribution in [0.5, 0.6) is 0 Å². The quantitative estimate of drug-likeness (QED) is 0.919. The van der Waals surface area contributed by atoms with Gasteiger partial charge < -0.3 is 10.1 Å². The van der Waals surface area contributed by atoms with Gasteiger partial charge in [-0.25, -0.2) is 8.78 Å². The first-order valence-corrected chi connectivity index (χ1v) is 6.40. The molecule has 0 fully saturated rings. The standard InChI is InChI=1S/C16H15F2NO2/c1-21-10-12-4-2-11(3-5-12)9-19-16(20)14-8-13(17)6-7-15(14)18/h2-8H,9-10H2,1H3,(H,19,20). The molecule has 2 rings (SSSR count). The lowest BCUT2D eigenvalue weighted by atomic mass is 10.1. The molecule has 0 aromatic heterocycles. The van der Waals surface area contributed by atoms with E-state index < -0.39 is 17.5 Å². The van der Waals surface area contributed by atoms with Crippen LogP contribution in [0.4, 0.5) is 8.78 Å². The molecular weight excluding hydrogens is 276 g/mol. The molecule has 0 heterocycles. The molecule has 0 atom stereocenters. The molecule has 5 heteroatoms. The third kappa shape index (κ3) is 4.10. The van der Waals surface area contributed by atoms with Crippen LogP contribution in [0.15, 0.2) is 42.5 Å². The summed E-state index contributed by atoms with van der Waals surface area (Å²) in [6.07, 6.45) is 0. The number of amides is 1. The normalized spacial score (nSPS) is 10.4. The van der Waals surface area contributed by atoms with Crippen molar-refractivity contribution in [2.45, 2.75) is 13.2 Å². The lowest BCUT2D eigenvalue weighted by Gasteiger charge is -2.07. The first-order valence-electron chi connectivity index (χ1n) is 6.40. The Morgan fingerprint density at radius 3 is 2.43 bits per heavy atom. The number of ether oxygens (including phenoxy) is 1. The number of carbonyl (C=O) groups is 1. The second kappa shape index (κ2) is 6.95. The molecule has 0 spiro atoms. The molecule has 0 saturated heterocycles. The summed E-state index contributed by atoms with van der Waals surface area (Å²) in [4.78, 5) is 11.8. The number of halogens is 2. The summed E-state index contributed by atoms with van der Waals surface area (Å²) in [5, 5.41) is 2.56. The summed E-state index contributed by atoms with van der Waals surface area (Å²) >= 11 is 0. The SMILES string of the molecule is COCc1ccc(CNC(=O)c2cc(F)ccc2F)cc1. The first-order chi connectivity index (χ1) is 10.1. The van der Waals surface area contributed by atoms with Crippen molar-refractivity contribution in [2.24, 2.45) is 0 Å². The molecular formula is C16H15F2NO2. The van der Waals surface area contributed by atoms with Crippen LogP contribution in [0, 0.1) is 11.6 Å². The van der Waals surface area contributed by atoms with Crippen LogP contribution < -0.4 is 5.32 Å². The summed E-state index contributed by atoms with van der Waals surface area (Å²) in [5.74, 6) is -2.04. The zero-order chi connectivity index (χ0) is 15.2. The molecule has 2 aromatic carbocycles. The highest BCUT2D eigenvalue weighted by Crippen LogP contribution is 2.10. The summed E-state index contributed by atoms with van der Waals surface area (Å²) < 4.78 is 31.5. The Labute approximate surface area is 121 Å². The topological polar surface area (TPSA) is 38.3 Å². The average molecular weight is 291 g/mol. The fourth-order valence-electron chi connectivity index (χ4n) is 1.87. The highest BCUT2D eigenvalue weighted by molar-refractivity contribution is 5.94. The van der Waals surface area contributed by atoms with Gasteiger partial charge in [0.25, 0.3) is 5.91 Å². The highest BCUT2D eigenvalue weighted by Gasteiger charge is 2.12. The molecule has 0 aliphatic rings. The van der Waals surface area contributed by atoms with Gasteiger partial charge in [0, 0.05) is 13.7 Å². The fourth-order valence-corrected chi connectivity index (χ4v) is 1.87. The number of methoxy groups -OCH3 is 1. The maximum atomic E-state index is 13.4. The molecule has 0 unspecified atom stereocenters. The van der Waals surface area contributed by atoms with Crippen LogP contribution in [-0.2, 0) is 17.9 Å². The van der Waals surface area contributed by atoms with Crippen molar-refractivity contribution >= 4 is 5.91 Å². The van der Waals surface area contributed by atoms with E-state index in [9.17, 15) is 13.6 Å². The monoisotopic (exact) mass is 291 g/mol. The van der Waals surface area contributed by atoms with Crippen LogP contribution in [-0.4, -0.2) is 13.0 Å². The van der Waals surface area contributed by atoms with E-state index in [1.54, 1.807) is 7.11 Å². The smallest absolute Gasteiger partial charge is 0.254 e. The number of carbonyl (C=O) groups excluding carboxylic acids is 1. The molecule has 3 nitrogen and oxygen atoms in total. The van der Waals surface area contributed by atoms with Gasteiger partial charge in [-0.15, -0.1) is 0 Å². The van der Waals surface area contributed by atoms with Crippen molar-refractivity contribution in [3.8, 4) is 0 Å².